The van der Waals surface area contributed by atoms with Gasteiger partial charge >= 0.3 is 0 Å². The maximum Gasteiger partial charge on any atom is 0.255 e. The van der Waals surface area contributed by atoms with Crippen molar-refractivity contribution in [3.8, 4) is 0 Å². The van der Waals surface area contributed by atoms with Crippen molar-refractivity contribution in [2.75, 3.05) is 39.4 Å². The molecule has 2 aromatic carbocycles. The summed E-state index contributed by atoms with van der Waals surface area (Å²) < 4.78 is 5.41. The molecule has 1 heterocycles. The minimum absolute atomic E-state index is 0.126. The standard InChI is InChI=1S/C31H44N4O5/c1-24(2)22-28(27(31(38)33-39)15-9-14-25-10-5-3-6-11-25)30(37)32-35(17-16-26-12-7-4-8-13-26)29(36)23-34-18-20-40-21-19-34/h3-8,10-13,24,27-28,39H,9,14-23H2,1-2H3,(H,32,37)(H,33,38)/t27?,28-/m1/s1. The second kappa shape index (κ2) is 16.7. The number of hydrazine groups is 1. The van der Waals surface area contributed by atoms with E-state index in [9.17, 15) is 19.6 Å². The fourth-order valence-electron chi connectivity index (χ4n) is 5.11. The number of aryl methyl sites for hydroxylation is 1. The van der Waals surface area contributed by atoms with Crippen LogP contribution in [0.15, 0.2) is 60.7 Å². The Kier molecular flexibility index (Phi) is 13.1. The van der Waals surface area contributed by atoms with Crippen molar-refractivity contribution in [1.29, 1.82) is 0 Å². The molecule has 1 aliphatic rings. The smallest absolute Gasteiger partial charge is 0.255 e. The van der Waals surface area contributed by atoms with E-state index in [4.69, 9.17) is 4.74 Å². The molecule has 1 fully saturated rings. The van der Waals surface area contributed by atoms with Crippen molar-refractivity contribution in [2.24, 2.45) is 17.8 Å². The highest BCUT2D eigenvalue weighted by atomic mass is 16.5. The molecular weight excluding hydrogens is 508 g/mol. The third-order valence-electron chi connectivity index (χ3n) is 7.29. The third-order valence-corrected chi connectivity index (χ3v) is 7.29. The van der Waals surface area contributed by atoms with Crippen LogP contribution in [0.4, 0.5) is 0 Å². The molecular formula is C31H44N4O5. The minimum Gasteiger partial charge on any atom is -0.379 e. The Morgan fingerprint density at radius 3 is 2.08 bits per heavy atom. The third kappa shape index (κ3) is 10.4. The molecule has 3 amide bonds. The van der Waals surface area contributed by atoms with Crippen molar-refractivity contribution in [3.05, 3.63) is 71.8 Å². The average molecular weight is 553 g/mol. The topological polar surface area (TPSA) is 111 Å². The Balaban J connectivity index is 1.75. The summed E-state index contributed by atoms with van der Waals surface area (Å²) in [5.41, 5.74) is 6.86. The minimum atomic E-state index is -0.735. The van der Waals surface area contributed by atoms with Crippen LogP contribution < -0.4 is 10.9 Å². The molecule has 0 bridgehead atoms. The molecule has 0 spiro atoms. The highest BCUT2D eigenvalue weighted by Gasteiger charge is 2.35. The van der Waals surface area contributed by atoms with Gasteiger partial charge in [-0.2, -0.15) is 0 Å². The number of rotatable bonds is 14. The molecule has 3 N–H and O–H groups in total. The van der Waals surface area contributed by atoms with Gasteiger partial charge in [-0.3, -0.25) is 34.9 Å². The summed E-state index contributed by atoms with van der Waals surface area (Å²) in [7, 11) is 0. The largest absolute Gasteiger partial charge is 0.379 e. The first kappa shape index (κ1) is 31.3. The number of amides is 3. The number of benzene rings is 2. The van der Waals surface area contributed by atoms with Gasteiger partial charge < -0.3 is 4.74 Å². The van der Waals surface area contributed by atoms with Crippen molar-refractivity contribution >= 4 is 17.7 Å². The molecule has 0 aliphatic carbocycles. The second-order valence-electron chi connectivity index (χ2n) is 10.8. The number of hydrogen-bond acceptors (Lipinski definition) is 6. The second-order valence-corrected chi connectivity index (χ2v) is 10.8. The van der Waals surface area contributed by atoms with Gasteiger partial charge in [0, 0.05) is 19.6 Å². The Morgan fingerprint density at radius 2 is 1.50 bits per heavy atom. The van der Waals surface area contributed by atoms with Crippen LogP contribution in [0, 0.1) is 17.8 Å². The molecule has 218 valence electrons. The van der Waals surface area contributed by atoms with Crippen LogP contribution in [-0.2, 0) is 32.0 Å². The Hall–Kier alpha value is -3.27. The summed E-state index contributed by atoms with van der Waals surface area (Å²) in [5.74, 6) is -2.49. The lowest BCUT2D eigenvalue weighted by Gasteiger charge is -2.32. The Labute approximate surface area is 237 Å². The number of nitrogens with zero attached hydrogens (tertiary/aromatic N) is 2. The van der Waals surface area contributed by atoms with Crippen LogP contribution in [0.1, 0.15) is 44.2 Å². The number of carbonyl (C=O) groups is 3. The summed E-state index contributed by atoms with van der Waals surface area (Å²) in [4.78, 5) is 42.1. The lowest BCUT2D eigenvalue weighted by molar-refractivity contribution is -0.148. The van der Waals surface area contributed by atoms with Gasteiger partial charge in [0.1, 0.15) is 0 Å². The van der Waals surface area contributed by atoms with Gasteiger partial charge in [0.05, 0.1) is 31.6 Å². The molecule has 2 aromatic rings. The maximum absolute atomic E-state index is 13.8. The Morgan fingerprint density at radius 1 is 0.900 bits per heavy atom. The molecule has 9 nitrogen and oxygen atoms in total. The summed E-state index contributed by atoms with van der Waals surface area (Å²) >= 11 is 0. The summed E-state index contributed by atoms with van der Waals surface area (Å²) in [6, 6.07) is 19.8. The molecule has 1 unspecified atom stereocenters. The molecule has 9 heteroatoms. The van der Waals surface area contributed by atoms with Crippen molar-refractivity contribution in [3.63, 3.8) is 0 Å². The predicted octanol–water partition coefficient (Wildman–Crippen LogP) is 3.23. The zero-order valence-electron chi connectivity index (χ0n) is 23.8. The van der Waals surface area contributed by atoms with Gasteiger partial charge in [-0.15, -0.1) is 0 Å². The SMILES string of the molecule is CC(C)C[C@@H](C(=O)NN(CCc1ccccc1)C(=O)CN1CCOCC1)C(CCCc1ccccc1)C(=O)NO. The number of carbonyl (C=O) groups excluding carboxylic acids is 3. The lowest BCUT2D eigenvalue weighted by atomic mass is 9.81. The van der Waals surface area contributed by atoms with Crippen LogP contribution >= 0.6 is 0 Å². The molecule has 1 saturated heterocycles. The summed E-state index contributed by atoms with van der Waals surface area (Å²) in [5, 5.41) is 10.9. The van der Waals surface area contributed by atoms with Crippen molar-refractivity contribution < 1.29 is 24.3 Å². The van der Waals surface area contributed by atoms with Crippen LogP contribution in [-0.4, -0.2) is 72.2 Å². The van der Waals surface area contributed by atoms with Gasteiger partial charge in [0.25, 0.3) is 5.91 Å². The number of nitrogens with one attached hydrogen (secondary N) is 2. The zero-order valence-corrected chi connectivity index (χ0v) is 23.8. The predicted molar refractivity (Wildman–Crippen MR) is 153 cm³/mol. The number of hydroxylamine groups is 1. The quantitative estimate of drug-likeness (QED) is 0.245. The van der Waals surface area contributed by atoms with Gasteiger partial charge in [-0.05, 0) is 49.1 Å². The van der Waals surface area contributed by atoms with Gasteiger partial charge in [0.2, 0.25) is 11.8 Å². The first-order chi connectivity index (χ1) is 19.4. The highest BCUT2D eigenvalue weighted by Crippen LogP contribution is 2.26. The lowest BCUT2D eigenvalue weighted by Crippen LogP contribution is -2.54. The van der Waals surface area contributed by atoms with Crippen molar-refractivity contribution in [1.82, 2.24) is 20.8 Å². The van der Waals surface area contributed by atoms with Crippen LogP contribution in [0.25, 0.3) is 0 Å². The monoisotopic (exact) mass is 552 g/mol. The number of morpholine rings is 1. The molecule has 1 aliphatic heterocycles. The first-order valence-electron chi connectivity index (χ1n) is 14.3. The molecule has 0 aromatic heterocycles. The summed E-state index contributed by atoms with van der Waals surface area (Å²) in [6.45, 7) is 6.92. The van der Waals surface area contributed by atoms with E-state index < -0.39 is 17.7 Å². The van der Waals surface area contributed by atoms with Crippen molar-refractivity contribution in [2.45, 2.75) is 46.0 Å². The van der Waals surface area contributed by atoms with E-state index in [0.29, 0.717) is 58.5 Å². The first-order valence-corrected chi connectivity index (χ1v) is 14.3. The van der Waals surface area contributed by atoms with E-state index in [2.05, 4.69) is 5.43 Å². The molecule has 40 heavy (non-hydrogen) atoms. The van der Waals surface area contributed by atoms with Crippen LogP contribution in [0.5, 0.6) is 0 Å². The average Bonchev–Trinajstić information content (AvgIpc) is 2.97. The maximum atomic E-state index is 13.8. The Bertz CT molecular complexity index is 1040. The van der Waals surface area contributed by atoms with E-state index in [1.807, 2.05) is 79.4 Å². The molecule has 2 atom stereocenters. The zero-order chi connectivity index (χ0) is 28.7. The van der Waals surface area contributed by atoms with E-state index in [1.165, 1.54) is 5.01 Å². The fourth-order valence-corrected chi connectivity index (χ4v) is 5.11. The van der Waals surface area contributed by atoms with E-state index in [1.54, 1.807) is 5.48 Å². The van der Waals surface area contributed by atoms with E-state index in [0.717, 1.165) is 17.5 Å². The van der Waals surface area contributed by atoms with Gasteiger partial charge in [-0.1, -0.05) is 74.5 Å². The molecule has 0 saturated carbocycles. The normalized spacial score (nSPS) is 15.3. The molecule has 3 rings (SSSR count). The van der Waals surface area contributed by atoms with E-state index in [-0.39, 0.29) is 24.3 Å². The van der Waals surface area contributed by atoms with Gasteiger partial charge in [-0.25, -0.2) is 5.48 Å². The van der Waals surface area contributed by atoms with Crippen LogP contribution in [0.2, 0.25) is 0 Å². The van der Waals surface area contributed by atoms with Gasteiger partial charge in [0.15, 0.2) is 0 Å². The summed E-state index contributed by atoms with van der Waals surface area (Å²) in [6.07, 6.45) is 2.88. The van der Waals surface area contributed by atoms with E-state index >= 15 is 0 Å². The fraction of sp³-hybridized carbons (Fsp3) is 0.516. The van der Waals surface area contributed by atoms with Crippen LogP contribution in [0.3, 0.4) is 0 Å². The molecule has 0 radical (unpaired) electrons. The highest BCUT2D eigenvalue weighted by molar-refractivity contribution is 5.89. The number of hydrogen-bond donors (Lipinski definition) is 3. The number of ether oxygens (including phenoxy) is 1.